The molecule has 0 aliphatic heterocycles. The summed E-state index contributed by atoms with van der Waals surface area (Å²) in [6.45, 7) is 0. The summed E-state index contributed by atoms with van der Waals surface area (Å²) in [5, 5.41) is 9.11. The Morgan fingerprint density at radius 2 is 1.71 bits per heavy atom. The topological polar surface area (TPSA) is 46.5 Å². The molecule has 2 aromatic rings. The summed E-state index contributed by atoms with van der Waals surface area (Å²) in [5.74, 6) is -1.35. The first-order chi connectivity index (χ1) is 9.87. The van der Waals surface area contributed by atoms with Crippen LogP contribution in [0, 0.1) is 0 Å². The molecule has 0 fully saturated rings. The average molecular weight is 296 g/mol. The highest BCUT2D eigenvalue weighted by Gasteiger charge is 2.30. The standard InChI is InChI=1S/C15H11F3O3/c16-15(17,18)9-10-5-4-8-12(14(19)20)13(10)21-11-6-2-1-3-7-11/h1-8H,9H2,(H,19,20). The normalized spacial score (nSPS) is 11.2. The molecular formula is C15H11F3O3. The molecule has 0 radical (unpaired) electrons. The van der Waals surface area contributed by atoms with Crippen LogP contribution >= 0.6 is 0 Å². The molecule has 110 valence electrons. The minimum absolute atomic E-state index is 0.216. The number of hydrogen-bond donors (Lipinski definition) is 1. The molecule has 3 nitrogen and oxygen atoms in total. The molecular weight excluding hydrogens is 285 g/mol. The van der Waals surface area contributed by atoms with Crippen LogP contribution in [0.4, 0.5) is 13.2 Å². The molecule has 0 amide bonds. The van der Waals surface area contributed by atoms with Crippen molar-refractivity contribution < 1.29 is 27.8 Å². The van der Waals surface area contributed by atoms with Gasteiger partial charge in [-0.1, -0.05) is 30.3 Å². The summed E-state index contributed by atoms with van der Waals surface area (Å²) in [4.78, 5) is 11.2. The van der Waals surface area contributed by atoms with Crippen LogP contribution in [0.15, 0.2) is 48.5 Å². The van der Waals surface area contributed by atoms with Crippen LogP contribution in [0.1, 0.15) is 15.9 Å². The maximum Gasteiger partial charge on any atom is 0.393 e. The zero-order valence-corrected chi connectivity index (χ0v) is 10.7. The fourth-order valence-electron chi connectivity index (χ4n) is 1.84. The van der Waals surface area contributed by atoms with Gasteiger partial charge in [0.15, 0.2) is 0 Å². The molecule has 0 bridgehead atoms. The van der Waals surface area contributed by atoms with E-state index >= 15 is 0 Å². The number of aromatic carboxylic acids is 1. The molecule has 0 aliphatic rings. The van der Waals surface area contributed by atoms with E-state index in [0.717, 1.165) is 0 Å². The molecule has 0 unspecified atom stereocenters. The fraction of sp³-hybridized carbons (Fsp3) is 0.133. The Hall–Kier alpha value is -2.50. The van der Waals surface area contributed by atoms with Gasteiger partial charge in [-0.05, 0) is 18.2 Å². The van der Waals surface area contributed by atoms with Gasteiger partial charge < -0.3 is 9.84 Å². The number of carboxylic acids is 1. The van der Waals surface area contributed by atoms with Gasteiger partial charge in [0.1, 0.15) is 17.1 Å². The molecule has 2 aromatic carbocycles. The Morgan fingerprint density at radius 1 is 1.05 bits per heavy atom. The molecule has 1 N–H and O–H groups in total. The summed E-state index contributed by atoms with van der Waals surface area (Å²) < 4.78 is 43.1. The van der Waals surface area contributed by atoms with Crippen molar-refractivity contribution >= 4 is 5.97 Å². The van der Waals surface area contributed by atoms with Gasteiger partial charge in [-0.25, -0.2) is 4.79 Å². The van der Waals surface area contributed by atoms with Gasteiger partial charge in [-0.3, -0.25) is 0 Å². The van der Waals surface area contributed by atoms with Gasteiger partial charge in [-0.2, -0.15) is 13.2 Å². The zero-order valence-electron chi connectivity index (χ0n) is 10.7. The van der Waals surface area contributed by atoms with Crippen molar-refractivity contribution in [3.05, 3.63) is 59.7 Å². The summed E-state index contributed by atoms with van der Waals surface area (Å²) >= 11 is 0. The Labute approximate surface area is 118 Å². The molecule has 0 saturated heterocycles. The van der Waals surface area contributed by atoms with Crippen LogP contribution in [0.3, 0.4) is 0 Å². The van der Waals surface area contributed by atoms with Crippen molar-refractivity contribution in [1.82, 2.24) is 0 Å². The first-order valence-electron chi connectivity index (χ1n) is 6.01. The van der Waals surface area contributed by atoms with E-state index in [0.29, 0.717) is 0 Å². The molecule has 2 rings (SSSR count). The summed E-state index contributed by atoms with van der Waals surface area (Å²) in [6, 6.07) is 11.8. The van der Waals surface area contributed by atoms with Crippen LogP contribution in [0.2, 0.25) is 0 Å². The maximum atomic E-state index is 12.6. The number of carbonyl (C=O) groups is 1. The molecule has 6 heteroatoms. The van der Waals surface area contributed by atoms with E-state index in [1.807, 2.05) is 0 Å². The second-order valence-corrected chi connectivity index (χ2v) is 4.31. The minimum Gasteiger partial charge on any atom is -0.478 e. The quantitative estimate of drug-likeness (QED) is 0.916. The van der Waals surface area contributed by atoms with Crippen molar-refractivity contribution in [2.45, 2.75) is 12.6 Å². The van der Waals surface area contributed by atoms with E-state index in [1.54, 1.807) is 18.2 Å². The van der Waals surface area contributed by atoms with Crippen molar-refractivity contribution in [3.63, 3.8) is 0 Å². The summed E-state index contributed by atoms with van der Waals surface area (Å²) in [6.07, 6.45) is -5.71. The lowest BCUT2D eigenvalue weighted by Gasteiger charge is -2.15. The first kappa shape index (κ1) is 14.9. The highest BCUT2D eigenvalue weighted by atomic mass is 19.4. The summed E-state index contributed by atoms with van der Waals surface area (Å²) in [7, 11) is 0. The molecule has 21 heavy (non-hydrogen) atoms. The Kier molecular flexibility index (Phi) is 4.16. The Bertz CT molecular complexity index is 636. The number of benzene rings is 2. The number of carboxylic acid groups (broad SMARTS) is 1. The number of rotatable bonds is 4. The summed E-state index contributed by atoms with van der Waals surface area (Å²) in [5.41, 5.74) is -0.521. The molecule has 0 spiro atoms. The van der Waals surface area contributed by atoms with Gasteiger partial charge in [0.05, 0.1) is 6.42 Å². The van der Waals surface area contributed by atoms with Crippen molar-refractivity contribution in [2.24, 2.45) is 0 Å². The van der Waals surface area contributed by atoms with Crippen molar-refractivity contribution in [3.8, 4) is 11.5 Å². The lowest BCUT2D eigenvalue weighted by atomic mass is 10.1. The van der Waals surface area contributed by atoms with E-state index in [-0.39, 0.29) is 22.6 Å². The number of alkyl halides is 3. The van der Waals surface area contributed by atoms with Crippen LogP contribution in [0.25, 0.3) is 0 Å². The number of ether oxygens (including phenoxy) is 1. The third-order valence-electron chi connectivity index (χ3n) is 2.68. The smallest absolute Gasteiger partial charge is 0.393 e. The van der Waals surface area contributed by atoms with E-state index in [4.69, 9.17) is 9.84 Å². The SMILES string of the molecule is O=C(O)c1cccc(CC(F)(F)F)c1Oc1ccccc1. The van der Waals surface area contributed by atoms with Gasteiger partial charge in [-0.15, -0.1) is 0 Å². The minimum atomic E-state index is -4.45. The third-order valence-corrected chi connectivity index (χ3v) is 2.68. The monoisotopic (exact) mass is 296 g/mol. The van der Waals surface area contributed by atoms with Crippen LogP contribution in [-0.2, 0) is 6.42 Å². The second-order valence-electron chi connectivity index (χ2n) is 4.31. The van der Waals surface area contributed by atoms with Gasteiger partial charge in [0.25, 0.3) is 0 Å². The zero-order chi connectivity index (χ0) is 15.5. The molecule has 0 atom stereocenters. The predicted molar refractivity (Wildman–Crippen MR) is 69.7 cm³/mol. The first-order valence-corrected chi connectivity index (χ1v) is 6.01. The van der Waals surface area contributed by atoms with Crippen molar-refractivity contribution in [1.29, 1.82) is 0 Å². The Morgan fingerprint density at radius 3 is 2.29 bits per heavy atom. The lowest BCUT2D eigenvalue weighted by molar-refractivity contribution is -0.127. The van der Waals surface area contributed by atoms with Crippen molar-refractivity contribution in [2.75, 3.05) is 0 Å². The van der Waals surface area contributed by atoms with Crippen LogP contribution in [-0.4, -0.2) is 17.3 Å². The second kappa shape index (κ2) is 5.87. The fourth-order valence-corrected chi connectivity index (χ4v) is 1.84. The van der Waals surface area contributed by atoms with Crippen LogP contribution in [0.5, 0.6) is 11.5 Å². The third kappa shape index (κ3) is 3.98. The lowest BCUT2D eigenvalue weighted by Crippen LogP contribution is -2.13. The van der Waals surface area contributed by atoms with E-state index < -0.39 is 18.6 Å². The predicted octanol–water partition coefficient (Wildman–Crippen LogP) is 4.28. The van der Waals surface area contributed by atoms with Crippen LogP contribution < -0.4 is 4.74 Å². The number of para-hydroxylation sites is 2. The maximum absolute atomic E-state index is 12.6. The van der Waals surface area contributed by atoms with E-state index in [9.17, 15) is 18.0 Å². The van der Waals surface area contributed by atoms with Gasteiger partial charge in [0.2, 0.25) is 0 Å². The average Bonchev–Trinajstić information content (AvgIpc) is 2.40. The van der Waals surface area contributed by atoms with Gasteiger partial charge >= 0.3 is 12.1 Å². The number of hydrogen-bond acceptors (Lipinski definition) is 2. The van der Waals surface area contributed by atoms with E-state index in [2.05, 4.69) is 0 Å². The van der Waals surface area contributed by atoms with Gasteiger partial charge in [0, 0.05) is 5.56 Å². The highest BCUT2D eigenvalue weighted by molar-refractivity contribution is 5.91. The molecule has 0 saturated carbocycles. The molecule has 0 heterocycles. The Balaban J connectivity index is 2.46. The molecule has 0 aromatic heterocycles. The largest absolute Gasteiger partial charge is 0.478 e. The molecule has 0 aliphatic carbocycles. The highest BCUT2D eigenvalue weighted by Crippen LogP contribution is 2.33. The number of halogens is 3. The van der Waals surface area contributed by atoms with E-state index in [1.165, 1.54) is 30.3 Å².